The van der Waals surface area contributed by atoms with Crippen LogP contribution in [-0.2, 0) is 4.74 Å². The average Bonchev–Trinajstić information content (AvgIpc) is 2.37. The maximum Gasteiger partial charge on any atom is 0.409 e. The molecule has 1 heterocycles. The van der Waals surface area contributed by atoms with Crippen LogP contribution in [0.4, 0.5) is 4.79 Å². The number of cyclic esters (lactones) is 1. The lowest BCUT2D eigenvalue weighted by atomic mass is 10.3. The highest BCUT2D eigenvalue weighted by molar-refractivity contribution is 6.17. The third-order valence-corrected chi connectivity index (χ3v) is 1.92. The van der Waals surface area contributed by atoms with Gasteiger partial charge in [0.15, 0.2) is 0 Å². The van der Waals surface area contributed by atoms with Crippen molar-refractivity contribution in [2.24, 2.45) is 0 Å². The summed E-state index contributed by atoms with van der Waals surface area (Å²) in [6.07, 6.45) is 1.75. The van der Waals surface area contributed by atoms with E-state index in [9.17, 15) is 4.79 Å². The molecule has 0 spiro atoms. The van der Waals surface area contributed by atoms with Crippen molar-refractivity contribution in [2.75, 3.05) is 25.6 Å². The molecular weight excluding hydrogens is 166 g/mol. The second kappa shape index (κ2) is 4.44. The maximum absolute atomic E-state index is 10.8. The summed E-state index contributed by atoms with van der Waals surface area (Å²) in [6, 6.07) is 0. The number of hydrogen-bond donors (Lipinski definition) is 0. The van der Waals surface area contributed by atoms with Crippen molar-refractivity contribution in [3.63, 3.8) is 0 Å². The number of nitrogens with zero attached hydrogens (tertiary/aromatic N) is 1. The summed E-state index contributed by atoms with van der Waals surface area (Å²) in [5.74, 6) is 0.670. The van der Waals surface area contributed by atoms with Gasteiger partial charge in [-0.15, -0.1) is 11.6 Å². The molecule has 0 bridgehead atoms. The SMILES string of the molecule is O=C1OCCN1CCCCCl. The molecule has 11 heavy (non-hydrogen) atoms. The smallest absolute Gasteiger partial charge is 0.409 e. The van der Waals surface area contributed by atoms with Gasteiger partial charge in [0.25, 0.3) is 0 Å². The van der Waals surface area contributed by atoms with E-state index < -0.39 is 0 Å². The molecule has 1 fully saturated rings. The Bertz CT molecular complexity index is 140. The second-order valence-electron chi connectivity index (χ2n) is 2.50. The molecule has 0 N–H and O–H groups in total. The minimum Gasteiger partial charge on any atom is -0.448 e. The predicted molar refractivity (Wildman–Crippen MR) is 42.9 cm³/mol. The van der Waals surface area contributed by atoms with Crippen LogP contribution in [0.5, 0.6) is 0 Å². The molecule has 64 valence electrons. The van der Waals surface area contributed by atoms with Gasteiger partial charge in [0, 0.05) is 12.4 Å². The van der Waals surface area contributed by atoms with Crippen LogP contribution in [0.25, 0.3) is 0 Å². The number of amides is 1. The van der Waals surface area contributed by atoms with Crippen LogP contribution < -0.4 is 0 Å². The van der Waals surface area contributed by atoms with Crippen LogP contribution >= 0.6 is 11.6 Å². The first-order valence-corrected chi connectivity index (χ1v) is 4.35. The van der Waals surface area contributed by atoms with Crippen LogP contribution in [0.1, 0.15) is 12.8 Å². The summed E-state index contributed by atoms with van der Waals surface area (Å²) >= 11 is 5.49. The Balaban J connectivity index is 2.10. The fourth-order valence-electron chi connectivity index (χ4n) is 1.03. The molecule has 0 aromatic carbocycles. The Labute approximate surface area is 71.3 Å². The molecule has 1 rings (SSSR count). The molecule has 0 saturated carbocycles. The maximum atomic E-state index is 10.8. The molecule has 1 saturated heterocycles. The highest BCUT2D eigenvalue weighted by Gasteiger charge is 2.20. The van der Waals surface area contributed by atoms with E-state index in [4.69, 9.17) is 16.3 Å². The molecule has 3 nitrogen and oxygen atoms in total. The van der Waals surface area contributed by atoms with Gasteiger partial charge >= 0.3 is 6.09 Å². The van der Waals surface area contributed by atoms with Crippen molar-refractivity contribution in [3.8, 4) is 0 Å². The monoisotopic (exact) mass is 177 g/mol. The topological polar surface area (TPSA) is 29.5 Å². The molecule has 0 aliphatic carbocycles. The molecule has 4 heteroatoms. The first-order valence-electron chi connectivity index (χ1n) is 3.82. The van der Waals surface area contributed by atoms with E-state index in [-0.39, 0.29) is 6.09 Å². The molecule has 0 radical (unpaired) electrons. The van der Waals surface area contributed by atoms with Crippen molar-refractivity contribution in [1.82, 2.24) is 4.90 Å². The first kappa shape index (κ1) is 8.65. The van der Waals surface area contributed by atoms with Crippen LogP contribution in [-0.4, -0.2) is 36.6 Å². The molecule has 0 aromatic heterocycles. The standard InChI is InChI=1S/C7H12ClNO2/c8-3-1-2-4-9-5-6-11-7(9)10/h1-6H2. The fraction of sp³-hybridized carbons (Fsp3) is 0.857. The van der Waals surface area contributed by atoms with Crippen molar-refractivity contribution in [2.45, 2.75) is 12.8 Å². The Morgan fingerprint density at radius 3 is 2.91 bits per heavy atom. The van der Waals surface area contributed by atoms with Crippen LogP contribution in [0.2, 0.25) is 0 Å². The second-order valence-corrected chi connectivity index (χ2v) is 2.88. The summed E-state index contributed by atoms with van der Waals surface area (Å²) in [5.41, 5.74) is 0. The number of alkyl halides is 1. The average molecular weight is 178 g/mol. The Morgan fingerprint density at radius 2 is 2.36 bits per heavy atom. The summed E-state index contributed by atoms with van der Waals surface area (Å²) in [4.78, 5) is 12.6. The fourth-order valence-corrected chi connectivity index (χ4v) is 1.21. The Morgan fingerprint density at radius 1 is 1.55 bits per heavy atom. The largest absolute Gasteiger partial charge is 0.448 e. The number of unbranched alkanes of at least 4 members (excludes halogenated alkanes) is 1. The number of carbonyl (C=O) groups is 1. The molecule has 0 unspecified atom stereocenters. The van der Waals surface area contributed by atoms with Crippen molar-refractivity contribution in [1.29, 1.82) is 0 Å². The highest BCUT2D eigenvalue weighted by atomic mass is 35.5. The van der Waals surface area contributed by atoms with Gasteiger partial charge in [-0.2, -0.15) is 0 Å². The van der Waals surface area contributed by atoms with Crippen LogP contribution in [0, 0.1) is 0 Å². The predicted octanol–water partition coefficient (Wildman–Crippen LogP) is 1.46. The zero-order chi connectivity index (χ0) is 8.10. The number of rotatable bonds is 4. The van der Waals surface area contributed by atoms with Gasteiger partial charge in [-0.3, -0.25) is 0 Å². The van der Waals surface area contributed by atoms with Gasteiger partial charge in [-0.05, 0) is 12.8 Å². The zero-order valence-electron chi connectivity index (χ0n) is 6.38. The summed E-state index contributed by atoms with van der Waals surface area (Å²) in [5, 5.41) is 0. The van der Waals surface area contributed by atoms with E-state index in [0.29, 0.717) is 12.5 Å². The summed E-state index contributed by atoms with van der Waals surface area (Å²) in [6.45, 7) is 2.06. The molecule has 0 atom stereocenters. The van der Waals surface area contributed by atoms with Crippen molar-refractivity contribution < 1.29 is 9.53 Å². The summed E-state index contributed by atoms with van der Waals surface area (Å²) in [7, 11) is 0. The number of carbonyl (C=O) groups excluding carboxylic acids is 1. The lowest BCUT2D eigenvalue weighted by Crippen LogP contribution is -2.25. The molecule has 1 amide bonds. The molecule has 1 aliphatic rings. The molecule has 1 aliphatic heterocycles. The Kier molecular flexibility index (Phi) is 3.49. The zero-order valence-corrected chi connectivity index (χ0v) is 7.14. The van der Waals surface area contributed by atoms with Crippen LogP contribution in [0.3, 0.4) is 0 Å². The van der Waals surface area contributed by atoms with Gasteiger partial charge in [-0.25, -0.2) is 4.79 Å². The van der Waals surface area contributed by atoms with Gasteiger partial charge < -0.3 is 9.64 Å². The van der Waals surface area contributed by atoms with E-state index in [1.54, 1.807) is 4.90 Å². The van der Waals surface area contributed by atoms with E-state index in [1.165, 1.54) is 0 Å². The first-order chi connectivity index (χ1) is 5.34. The van der Waals surface area contributed by atoms with Gasteiger partial charge in [0.05, 0.1) is 6.54 Å². The van der Waals surface area contributed by atoms with Gasteiger partial charge in [-0.1, -0.05) is 0 Å². The lowest BCUT2D eigenvalue weighted by molar-refractivity contribution is 0.158. The Hall–Kier alpha value is -0.440. The number of halogens is 1. The molecule has 0 aromatic rings. The summed E-state index contributed by atoms with van der Waals surface area (Å²) < 4.78 is 4.75. The third kappa shape index (κ3) is 2.58. The number of hydrogen-bond acceptors (Lipinski definition) is 2. The van der Waals surface area contributed by atoms with Gasteiger partial charge in [0.1, 0.15) is 6.61 Å². The highest BCUT2D eigenvalue weighted by Crippen LogP contribution is 2.04. The molecular formula is C7H12ClNO2. The van der Waals surface area contributed by atoms with Gasteiger partial charge in [0.2, 0.25) is 0 Å². The van der Waals surface area contributed by atoms with E-state index in [2.05, 4.69) is 0 Å². The normalized spacial score (nSPS) is 17.2. The van der Waals surface area contributed by atoms with E-state index >= 15 is 0 Å². The minimum absolute atomic E-state index is 0.181. The minimum atomic E-state index is -0.181. The third-order valence-electron chi connectivity index (χ3n) is 1.66. The van der Waals surface area contributed by atoms with Crippen LogP contribution in [0.15, 0.2) is 0 Å². The van der Waals surface area contributed by atoms with Crippen molar-refractivity contribution in [3.05, 3.63) is 0 Å². The lowest BCUT2D eigenvalue weighted by Gasteiger charge is -2.10. The quantitative estimate of drug-likeness (QED) is 0.481. The van der Waals surface area contributed by atoms with E-state index in [1.807, 2.05) is 0 Å². The van der Waals surface area contributed by atoms with Crippen molar-refractivity contribution >= 4 is 17.7 Å². The van der Waals surface area contributed by atoms with E-state index in [0.717, 1.165) is 25.9 Å². The number of ether oxygens (including phenoxy) is 1.